The molecule has 3 N–H and O–H groups in total. The van der Waals surface area contributed by atoms with Crippen molar-refractivity contribution in [1.82, 2.24) is 34.9 Å². The molecular formula is C41H44N10O4. The maximum absolute atomic E-state index is 13.4. The van der Waals surface area contributed by atoms with Gasteiger partial charge in [0, 0.05) is 62.5 Å². The Labute approximate surface area is 318 Å². The van der Waals surface area contributed by atoms with E-state index in [1.54, 1.807) is 0 Å². The molecule has 2 fully saturated rings. The summed E-state index contributed by atoms with van der Waals surface area (Å²) >= 11 is 0. The first-order valence-electron chi connectivity index (χ1n) is 19.2. The number of fused-ring (bicyclic) bond motifs is 3. The molecule has 4 aliphatic rings. The molecule has 1 unspecified atom stereocenters. The number of nitrogens with zero attached hydrogens (tertiary/aromatic N) is 7. The van der Waals surface area contributed by atoms with Gasteiger partial charge in [-0.05, 0) is 73.4 Å². The molecule has 0 saturated carbocycles. The van der Waals surface area contributed by atoms with Crippen molar-refractivity contribution < 1.29 is 19.1 Å². The number of hydrogen-bond donors (Lipinski definition) is 3. The number of carbonyl (C=O) groups excluding carboxylic acids is 3. The Morgan fingerprint density at radius 1 is 1.00 bits per heavy atom. The van der Waals surface area contributed by atoms with Crippen LogP contribution in [0.4, 0.5) is 23.0 Å². The first-order chi connectivity index (χ1) is 26.8. The van der Waals surface area contributed by atoms with Gasteiger partial charge in [-0.1, -0.05) is 24.3 Å². The summed E-state index contributed by atoms with van der Waals surface area (Å²) in [6.45, 7) is 6.43. The van der Waals surface area contributed by atoms with Crippen molar-refractivity contribution in [3.05, 3.63) is 88.5 Å². The van der Waals surface area contributed by atoms with Crippen LogP contribution in [0.25, 0.3) is 10.9 Å². The molecule has 3 aromatic heterocycles. The summed E-state index contributed by atoms with van der Waals surface area (Å²) in [5.74, 6) is 0.740. The fraction of sp³-hybridized carbons (Fsp3) is 0.390. The summed E-state index contributed by atoms with van der Waals surface area (Å²) in [4.78, 5) is 55.9. The Hall–Kier alpha value is -6.05. The highest BCUT2D eigenvalue weighted by atomic mass is 16.5. The average molecular weight is 741 g/mol. The lowest BCUT2D eigenvalue weighted by atomic mass is 9.87. The quantitative estimate of drug-likeness (QED) is 0.200. The van der Waals surface area contributed by atoms with Crippen LogP contribution >= 0.6 is 0 Å². The van der Waals surface area contributed by atoms with Crippen LogP contribution in [0.2, 0.25) is 0 Å². The molecule has 14 nitrogen and oxygen atoms in total. The van der Waals surface area contributed by atoms with Crippen molar-refractivity contribution in [2.24, 2.45) is 7.05 Å². The number of aryl methyl sites for hydroxylation is 1. The lowest BCUT2D eigenvalue weighted by molar-refractivity contribution is -0.134. The lowest BCUT2D eigenvalue weighted by Gasteiger charge is -2.32. The van der Waals surface area contributed by atoms with Gasteiger partial charge >= 0.3 is 0 Å². The number of nitrogens with one attached hydrogen (secondary N) is 3. The molecule has 2 aromatic carbocycles. The predicted molar refractivity (Wildman–Crippen MR) is 208 cm³/mol. The van der Waals surface area contributed by atoms with E-state index in [2.05, 4.69) is 61.0 Å². The maximum Gasteiger partial charge on any atom is 0.237 e. The molecule has 0 bridgehead atoms. The van der Waals surface area contributed by atoms with Crippen LogP contribution in [0.5, 0.6) is 5.88 Å². The van der Waals surface area contributed by atoms with Crippen molar-refractivity contribution in [3.8, 4) is 5.88 Å². The number of hydrogen-bond acceptors (Lipinski definition) is 11. The van der Waals surface area contributed by atoms with Crippen LogP contribution in [0, 0.1) is 6.92 Å². The van der Waals surface area contributed by atoms with Crippen LogP contribution in [0.3, 0.4) is 0 Å². The fourth-order valence-corrected chi connectivity index (χ4v) is 8.45. The van der Waals surface area contributed by atoms with Crippen LogP contribution in [0.15, 0.2) is 54.9 Å². The Bertz CT molecular complexity index is 2310. The number of ether oxygens (including phenoxy) is 1. The average Bonchev–Trinajstić information content (AvgIpc) is 3.53. The van der Waals surface area contributed by atoms with Crippen LogP contribution < -0.4 is 25.6 Å². The van der Waals surface area contributed by atoms with Crippen molar-refractivity contribution in [2.75, 3.05) is 48.3 Å². The minimum atomic E-state index is -0.423. The minimum absolute atomic E-state index is 0.130. The van der Waals surface area contributed by atoms with Gasteiger partial charge in [-0.3, -0.25) is 24.4 Å². The van der Waals surface area contributed by atoms with Gasteiger partial charge in [0.05, 0.1) is 47.7 Å². The summed E-state index contributed by atoms with van der Waals surface area (Å²) in [5, 5.41) is 14.9. The molecule has 9 rings (SSSR count). The zero-order valence-electron chi connectivity index (χ0n) is 31.1. The van der Waals surface area contributed by atoms with Crippen LogP contribution in [-0.4, -0.2) is 80.1 Å². The number of pyridine rings is 1. The monoisotopic (exact) mass is 740 g/mol. The lowest BCUT2D eigenvalue weighted by Crippen LogP contribution is -2.39. The minimum Gasteiger partial charge on any atom is -0.474 e. The zero-order valence-corrected chi connectivity index (χ0v) is 31.1. The van der Waals surface area contributed by atoms with Crippen molar-refractivity contribution in [1.29, 1.82) is 0 Å². The molecule has 5 aromatic rings. The van der Waals surface area contributed by atoms with Gasteiger partial charge in [0.1, 0.15) is 12.3 Å². The maximum atomic E-state index is 13.4. The van der Waals surface area contributed by atoms with Gasteiger partial charge in [-0.2, -0.15) is 5.10 Å². The second kappa shape index (κ2) is 14.3. The third kappa shape index (κ3) is 6.81. The Balaban J connectivity index is 0.791. The van der Waals surface area contributed by atoms with E-state index in [-0.39, 0.29) is 17.7 Å². The highest BCUT2D eigenvalue weighted by molar-refractivity contribution is 6.02. The molecule has 55 heavy (non-hydrogen) atoms. The topological polar surface area (TPSA) is 160 Å². The largest absolute Gasteiger partial charge is 0.474 e. The first kappa shape index (κ1) is 34.7. The number of likely N-dealkylation sites (tertiary alicyclic amines) is 1. The molecule has 7 heterocycles. The van der Waals surface area contributed by atoms with E-state index in [9.17, 15) is 14.4 Å². The summed E-state index contributed by atoms with van der Waals surface area (Å²) < 4.78 is 7.55. The molecule has 1 atom stereocenters. The molecule has 282 valence electrons. The Kier molecular flexibility index (Phi) is 9.03. The van der Waals surface area contributed by atoms with Gasteiger partial charge in [0.15, 0.2) is 0 Å². The number of imide groups is 1. The summed E-state index contributed by atoms with van der Waals surface area (Å²) in [5.41, 5.74) is 10.1. The van der Waals surface area contributed by atoms with E-state index in [0.29, 0.717) is 63.2 Å². The standard InChI is InChI=1S/C41H44N10O4/c1-24-34(22-43-40-37(24)42-14-18-55-40)51-17-13-28-21-44-41(46-32(28)23-51)45-29-6-3-25(4-7-29)19-36(53)50-15-11-26(12-16-50)27-5-8-30-33(20-27)49(2)48-38(30)31-9-10-35(52)47-39(31)54/h3-8,20-22,26,31,42H,9-19,23H2,1-2H3,(H,44,45,46)(H,47,52,54). The second-order valence-corrected chi connectivity index (χ2v) is 15.0. The second-order valence-electron chi connectivity index (χ2n) is 15.0. The number of carbonyl (C=O) groups is 3. The number of benzene rings is 2. The smallest absolute Gasteiger partial charge is 0.237 e. The Morgan fingerprint density at radius 2 is 1.84 bits per heavy atom. The van der Waals surface area contributed by atoms with E-state index in [4.69, 9.17) is 9.72 Å². The molecule has 0 spiro atoms. The van der Waals surface area contributed by atoms with Gasteiger partial charge in [-0.25, -0.2) is 15.0 Å². The van der Waals surface area contributed by atoms with Crippen molar-refractivity contribution >= 4 is 51.6 Å². The molecular weight excluding hydrogens is 697 g/mol. The zero-order chi connectivity index (χ0) is 37.6. The number of piperidine rings is 2. The first-order valence-corrected chi connectivity index (χ1v) is 19.2. The van der Waals surface area contributed by atoms with Gasteiger partial charge in [0.25, 0.3) is 0 Å². The SMILES string of the molecule is Cc1c(N2CCc3cnc(Nc4ccc(CC(=O)N5CCC(c6ccc7c(C8CCC(=O)NC8=O)nn(C)c7c6)CC5)cc4)nc3C2)cnc2c1NCCO2. The molecule has 0 aliphatic carbocycles. The van der Waals surface area contributed by atoms with E-state index >= 15 is 0 Å². The molecule has 2 saturated heterocycles. The van der Waals surface area contributed by atoms with Gasteiger partial charge < -0.3 is 25.2 Å². The molecule has 4 aliphatic heterocycles. The number of amides is 3. The highest BCUT2D eigenvalue weighted by Crippen LogP contribution is 2.37. The fourth-order valence-electron chi connectivity index (χ4n) is 8.45. The van der Waals surface area contributed by atoms with Gasteiger partial charge in [-0.15, -0.1) is 0 Å². The summed E-state index contributed by atoms with van der Waals surface area (Å²) in [7, 11) is 1.89. The molecule has 14 heteroatoms. The van der Waals surface area contributed by atoms with E-state index in [1.165, 1.54) is 5.56 Å². The van der Waals surface area contributed by atoms with E-state index < -0.39 is 5.92 Å². The van der Waals surface area contributed by atoms with Crippen LogP contribution in [-0.2, 0) is 40.8 Å². The van der Waals surface area contributed by atoms with Crippen molar-refractivity contribution in [3.63, 3.8) is 0 Å². The normalized spacial score (nSPS) is 18.6. The number of anilines is 4. The number of rotatable bonds is 7. The van der Waals surface area contributed by atoms with E-state index in [1.807, 2.05) is 53.3 Å². The van der Waals surface area contributed by atoms with E-state index in [0.717, 1.165) is 88.4 Å². The molecule has 3 amide bonds. The summed E-state index contributed by atoms with van der Waals surface area (Å²) in [6.07, 6.45) is 7.57. The Morgan fingerprint density at radius 3 is 2.65 bits per heavy atom. The number of aromatic nitrogens is 5. The third-order valence-corrected chi connectivity index (χ3v) is 11.6. The predicted octanol–water partition coefficient (Wildman–Crippen LogP) is 4.65. The highest BCUT2D eigenvalue weighted by Gasteiger charge is 2.32. The third-order valence-electron chi connectivity index (χ3n) is 11.6. The summed E-state index contributed by atoms with van der Waals surface area (Å²) in [6, 6.07) is 14.3. The van der Waals surface area contributed by atoms with Gasteiger partial charge in [0.2, 0.25) is 29.5 Å². The molecule has 0 radical (unpaired) electrons. The van der Waals surface area contributed by atoms with Crippen LogP contribution in [0.1, 0.15) is 71.2 Å². The van der Waals surface area contributed by atoms with Crippen molar-refractivity contribution in [2.45, 2.75) is 63.8 Å².